The first-order chi connectivity index (χ1) is 6.74. The second kappa shape index (κ2) is 3.53. The molecule has 0 unspecified atom stereocenters. The molecule has 1 aliphatic carbocycles. The summed E-state index contributed by atoms with van der Waals surface area (Å²) in [5.74, 6) is 2.26. The molecule has 15 heavy (non-hydrogen) atoms. The van der Waals surface area contributed by atoms with Crippen LogP contribution in [0.2, 0.25) is 0 Å². The first kappa shape index (κ1) is 12.1. The van der Waals surface area contributed by atoms with Crippen molar-refractivity contribution in [1.29, 1.82) is 0 Å². The SMILES string of the molecule is C#CCC(=O)NC1C(C)(C)C(N)C1(C)C. The van der Waals surface area contributed by atoms with E-state index in [9.17, 15) is 4.79 Å². The molecule has 3 N–H and O–H groups in total. The van der Waals surface area contributed by atoms with Gasteiger partial charge in [-0.2, -0.15) is 0 Å². The average Bonchev–Trinajstić information content (AvgIpc) is 2.13. The Morgan fingerprint density at radius 3 is 2.27 bits per heavy atom. The van der Waals surface area contributed by atoms with Gasteiger partial charge < -0.3 is 11.1 Å². The normalized spacial score (nSPS) is 31.2. The van der Waals surface area contributed by atoms with Crippen LogP contribution in [0.4, 0.5) is 0 Å². The Hall–Kier alpha value is -1.01. The van der Waals surface area contributed by atoms with E-state index in [-0.39, 0.29) is 35.2 Å². The van der Waals surface area contributed by atoms with Gasteiger partial charge in [0.2, 0.25) is 5.91 Å². The summed E-state index contributed by atoms with van der Waals surface area (Å²) in [4.78, 5) is 11.4. The van der Waals surface area contributed by atoms with Crippen LogP contribution in [0.3, 0.4) is 0 Å². The van der Waals surface area contributed by atoms with Gasteiger partial charge in [0.15, 0.2) is 0 Å². The molecule has 1 fully saturated rings. The lowest BCUT2D eigenvalue weighted by Gasteiger charge is -2.62. The predicted octanol–water partition coefficient (Wildman–Crippen LogP) is 0.888. The third-order valence-corrected chi connectivity index (χ3v) is 3.66. The van der Waals surface area contributed by atoms with Gasteiger partial charge in [-0.1, -0.05) is 33.6 Å². The number of carbonyl (C=O) groups is 1. The van der Waals surface area contributed by atoms with Gasteiger partial charge in [-0.05, 0) is 0 Å². The van der Waals surface area contributed by atoms with Crippen molar-refractivity contribution in [2.75, 3.05) is 0 Å². The molecule has 1 rings (SSSR count). The van der Waals surface area contributed by atoms with Crippen LogP contribution < -0.4 is 11.1 Å². The molecule has 3 heteroatoms. The standard InChI is InChI=1S/C12H20N2O/c1-6-7-8(15)14-10-11(2,3)9(13)12(10,4)5/h1,9-10H,7,13H2,2-5H3,(H,14,15). The van der Waals surface area contributed by atoms with Gasteiger partial charge in [-0.3, -0.25) is 4.79 Å². The molecular formula is C12H20N2O. The Bertz CT molecular complexity index is 296. The van der Waals surface area contributed by atoms with E-state index in [2.05, 4.69) is 38.9 Å². The molecule has 1 aliphatic rings. The van der Waals surface area contributed by atoms with Gasteiger partial charge >= 0.3 is 0 Å². The molecule has 0 aromatic heterocycles. The molecule has 0 aromatic carbocycles. The van der Waals surface area contributed by atoms with E-state index < -0.39 is 0 Å². The van der Waals surface area contributed by atoms with Crippen molar-refractivity contribution in [2.45, 2.75) is 46.2 Å². The minimum Gasteiger partial charge on any atom is -0.351 e. The predicted molar refractivity (Wildman–Crippen MR) is 60.9 cm³/mol. The topological polar surface area (TPSA) is 55.1 Å². The molecule has 0 aromatic rings. The maximum atomic E-state index is 11.4. The highest BCUT2D eigenvalue weighted by atomic mass is 16.1. The van der Waals surface area contributed by atoms with Crippen molar-refractivity contribution in [1.82, 2.24) is 5.32 Å². The Labute approximate surface area is 91.8 Å². The Balaban J connectivity index is 2.71. The molecule has 1 saturated carbocycles. The molecule has 0 saturated heterocycles. The highest BCUT2D eigenvalue weighted by molar-refractivity contribution is 5.79. The van der Waals surface area contributed by atoms with Crippen LogP contribution in [0, 0.1) is 23.2 Å². The zero-order valence-electron chi connectivity index (χ0n) is 9.92. The van der Waals surface area contributed by atoms with E-state index >= 15 is 0 Å². The number of amides is 1. The monoisotopic (exact) mass is 208 g/mol. The second-order valence-corrected chi connectivity index (χ2v) is 5.50. The maximum absolute atomic E-state index is 11.4. The molecule has 0 atom stereocenters. The molecule has 0 spiro atoms. The molecule has 1 amide bonds. The van der Waals surface area contributed by atoms with Crippen molar-refractivity contribution < 1.29 is 4.79 Å². The van der Waals surface area contributed by atoms with Crippen LogP contribution in [0.1, 0.15) is 34.1 Å². The number of rotatable bonds is 2. The van der Waals surface area contributed by atoms with Crippen molar-refractivity contribution in [3.63, 3.8) is 0 Å². The Morgan fingerprint density at radius 1 is 1.40 bits per heavy atom. The smallest absolute Gasteiger partial charge is 0.232 e. The number of hydrogen-bond acceptors (Lipinski definition) is 2. The average molecular weight is 208 g/mol. The van der Waals surface area contributed by atoms with E-state index in [1.165, 1.54) is 0 Å². The summed E-state index contributed by atoms with van der Waals surface area (Å²) in [7, 11) is 0. The molecular weight excluding hydrogens is 188 g/mol. The van der Waals surface area contributed by atoms with E-state index in [4.69, 9.17) is 12.2 Å². The van der Waals surface area contributed by atoms with E-state index in [1.54, 1.807) is 0 Å². The minimum absolute atomic E-state index is 0.0617. The van der Waals surface area contributed by atoms with Crippen LogP contribution in [-0.2, 0) is 4.79 Å². The van der Waals surface area contributed by atoms with Crippen LogP contribution in [0.15, 0.2) is 0 Å². The third-order valence-electron chi connectivity index (χ3n) is 3.66. The van der Waals surface area contributed by atoms with Crippen LogP contribution in [0.25, 0.3) is 0 Å². The van der Waals surface area contributed by atoms with Crippen LogP contribution >= 0.6 is 0 Å². The van der Waals surface area contributed by atoms with Gasteiger partial charge in [-0.25, -0.2) is 0 Å². The van der Waals surface area contributed by atoms with Crippen molar-refractivity contribution in [2.24, 2.45) is 16.6 Å². The quantitative estimate of drug-likeness (QED) is 0.662. The maximum Gasteiger partial charge on any atom is 0.232 e. The first-order valence-electron chi connectivity index (χ1n) is 5.23. The largest absolute Gasteiger partial charge is 0.351 e. The summed E-state index contributed by atoms with van der Waals surface area (Å²) >= 11 is 0. The number of hydrogen-bond donors (Lipinski definition) is 2. The lowest BCUT2D eigenvalue weighted by molar-refractivity contribution is -0.131. The fraction of sp³-hybridized carbons (Fsp3) is 0.750. The second-order valence-electron chi connectivity index (χ2n) is 5.50. The molecule has 84 valence electrons. The molecule has 0 radical (unpaired) electrons. The van der Waals surface area contributed by atoms with Crippen LogP contribution in [0.5, 0.6) is 0 Å². The van der Waals surface area contributed by atoms with Gasteiger partial charge in [0.1, 0.15) is 0 Å². The third kappa shape index (κ3) is 1.74. The summed E-state index contributed by atoms with van der Waals surface area (Å²) in [5, 5.41) is 2.97. The highest BCUT2D eigenvalue weighted by Crippen LogP contribution is 2.52. The molecule has 0 heterocycles. The van der Waals surface area contributed by atoms with Gasteiger partial charge in [0, 0.05) is 22.9 Å². The molecule has 0 aliphatic heterocycles. The molecule has 0 bridgehead atoms. The fourth-order valence-electron chi connectivity index (χ4n) is 2.86. The highest BCUT2D eigenvalue weighted by Gasteiger charge is 2.60. The van der Waals surface area contributed by atoms with Crippen molar-refractivity contribution >= 4 is 5.91 Å². The van der Waals surface area contributed by atoms with Crippen LogP contribution in [-0.4, -0.2) is 18.0 Å². The van der Waals surface area contributed by atoms with Gasteiger partial charge in [0.25, 0.3) is 0 Å². The van der Waals surface area contributed by atoms with Gasteiger partial charge in [0.05, 0.1) is 6.42 Å². The summed E-state index contributed by atoms with van der Waals surface area (Å²) in [6.07, 6.45) is 5.23. The Kier molecular flexibility index (Phi) is 2.84. The lowest BCUT2D eigenvalue weighted by Crippen LogP contribution is -2.76. The number of nitrogens with one attached hydrogen (secondary N) is 1. The summed E-state index contributed by atoms with van der Waals surface area (Å²) < 4.78 is 0. The summed E-state index contributed by atoms with van der Waals surface area (Å²) in [6.45, 7) is 8.29. The van der Waals surface area contributed by atoms with Crippen molar-refractivity contribution in [3.8, 4) is 12.3 Å². The molecule has 3 nitrogen and oxygen atoms in total. The lowest BCUT2D eigenvalue weighted by atomic mass is 9.48. The Morgan fingerprint density at radius 2 is 1.87 bits per heavy atom. The van der Waals surface area contributed by atoms with E-state index in [0.717, 1.165) is 0 Å². The first-order valence-corrected chi connectivity index (χ1v) is 5.23. The van der Waals surface area contributed by atoms with E-state index in [1.807, 2.05) is 0 Å². The zero-order valence-corrected chi connectivity index (χ0v) is 9.92. The zero-order chi connectivity index (χ0) is 11.9. The van der Waals surface area contributed by atoms with Gasteiger partial charge in [-0.15, -0.1) is 6.42 Å². The minimum atomic E-state index is -0.0875. The number of carbonyl (C=O) groups excluding carboxylic acids is 1. The number of nitrogens with two attached hydrogens (primary N) is 1. The summed E-state index contributed by atoms with van der Waals surface area (Å²) in [5.41, 5.74) is 5.96. The van der Waals surface area contributed by atoms with E-state index in [0.29, 0.717) is 0 Å². The fourth-order valence-corrected chi connectivity index (χ4v) is 2.86. The number of terminal acetylenes is 1. The van der Waals surface area contributed by atoms with Crippen molar-refractivity contribution in [3.05, 3.63) is 0 Å². The summed E-state index contributed by atoms with van der Waals surface area (Å²) in [6, 6.07) is 0.196.